The van der Waals surface area contributed by atoms with E-state index < -0.39 is 0 Å². The number of nitrogens with zero attached hydrogens (tertiary/aromatic N) is 1. The smallest absolute Gasteiger partial charge is 0.123 e. The van der Waals surface area contributed by atoms with Crippen molar-refractivity contribution >= 4 is 5.84 Å². The highest BCUT2D eigenvalue weighted by Gasteiger charge is 2.12. The molecule has 92 valence electrons. The van der Waals surface area contributed by atoms with Gasteiger partial charge in [0.25, 0.3) is 0 Å². The topological polar surface area (TPSA) is 62.3 Å². The van der Waals surface area contributed by atoms with Gasteiger partial charge < -0.3 is 10.5 Å². The van der Waals surface area contributed by atoms with Crippen LogP contribution in [0.1, 0.15) is 17.5 Å². The fourth-order valence-corrected chi connectivity index (χ4v) is 2.12. The fraction of sp³-hybridized carbons (Fsp3) is 0.462. The van der Waals surface area contributed by atoms with Crippen molar-refractivity contribution in [2.75, 3.05) is 26.3 Å². The Morgan fingerprint density at radius 1 is 1.29 bits per heavy atom. The van der Waals surface area contributed by atoms with Crippen molar-refractivity contribution in [2.45, 2.75) is 13.0 Å². The van der Waals surface area contributed by atoms with Crippen LogP contribution in [-0.4, -0.2) is 37.0 Å². The number of nitrogens with two attached hydrogens (primary N) is 1. The van der Waals surface area contributed by atoms with Crippen molar-refractivity contribution in [1.29, 1.82) is 5.41 Å². The summed E-state index contributed by atoms with van der Waals surface area (Å²) in [6.07, 6.45) is 1.07. The molecule has 0 spiro atoms. The molecule has 0 aromatic heterocycles. The maximum atomic E-state index is 7.57. The van der Waals surface area contributed by atoms with Gasteiger partial charge in [-0.3, -0.25) is 10.3 Å². The number of hydrogen-bond donors (Lipinski definition) is 2. The standard InChI is InChI=1S/C13H19N3O/c14-13(15)12-5-2-1-4-11(12)10-16-6-3-8-17-9-7-16/h1-2,4-5H,3,6-10H2,(H3,14,15). The molecular weight excluding hydrogens is 214 g/mol. The number of nitrogen functional groups attached to an aromatic ring is 1. The molecule has 1 aliphatic heterocycles. The minimum Gasteiger partial charge on any atom is -0.384 e. The van der Waals surface area contributed by atoms with E-state index in [1.807, 2.05) is 24.3 Å². The molecule has 0 aliphatic carbocycles. The Labute approximate surface area is 102 Å². The van der Waals surface area contributed by atoms with Gasteiger partial charge in [-0.1, -0.05) is 24.3 Å². The average molecular weight is 233 g/mol. The zero-order valence-electron chi connectivity index (χ0n) is 9.98. The molecule has 0 amide bonds. The quantitative estimate of drug-likeness (QED) is 0.609. The first-order valence-corrected chi connectivity index (χ1v) is 6.00. The zero-order chi connectivity index (χ0) is 12.1. The third kappa shape index (κ3) is 3.28. The summed E-state index contributed by atoms with van der Waals surface area (Å²) in [7, 11) is 0. The second kappa shape index (κ2) is 5.80. The molecule has 4 nitrogen and oxygen atoms in total. The first kappa shape index (κ1) is 12.1. The van der Waals surface area contributed by atoms with Crippen LogP contribution in [0.5, 0.6) is 0 Å². The Morgan fingerprint density at radius 3 is 2.94 bits per heavy atom. The van der Waals surface area contributed by atoms with Crippen LogP contribution in [0.4, 0.5) is 0 Å². The largest absolute Gasteiger partial charge is 0.384 e. The molecule has 1 aromatic carbocycles. The number of rotatable bonds is 3. The van der Waals surface area contributed by atoms with Gasteiger partial charge in [0.1, 0.15) is 5.84 Å². The third-order valence-corrected chi connectivity index (χ3v) is 3.02. The van der Waals surface area contributed by atoms with Crippen LogP contribution in [-0.2, 0) is 11.3 Å². The van der Waals surface area contributed by atoms with Gasteiger partial charge in [-0.05, 0) is 12.0 Å². The number of hydrogen-bond acceptors (Lipinski definition) is 3. The Hall–Kier alpha value is -1.39. The van der Waals surface area contributed by atoms with Crippen LogP contribution < -0.4 is 5.73 Å². The lowest BCUT2D eigenvalue weighted by Gasteiger charge is -2.20. The van der Waals surface area contributed by atoms with E-state index in [-0.39, 0.29) is 5.84 Å². The summed E-state index contributed by atoms with van der Waals surface area (Å²) in [5.41, 5.74) is 7.56. The van der Waals surface area contributed by atoms with Gasteiger partial charge in [0.05, 0.1) is 6.61 Å². The predicted molar refractivity (Wildman–Crippen MR) is 68.2 cm³/mol. The summed E-state index contributed by atoms with van der Waals surface area (Å²) < 4.78 is 5.43. The molecule has 0 unspecified atom stereocenters. The molecule has 1 fully saturated rings. The average Bonchev–Trinajstić information content (AvgIpc) is 2.58. The Balaban J connectivity index is 2.09. The van der Waals surface area contributed by atoms with Crippen LogP contribution in [0.2, 0.25) is 0 Å². The second-order valence-electron chi connectivity index (χ2n) is 4.31. The Kier molecular flexibility index (Phi) is 4.12. The van der Waals surface area contributed by atoms with Crippen LogP contribution in [0.15, 0.2) is 24.3 Å². The molecule has 4 heteroatoms. The summed E-state index contributed by atoms with van der Waals surface area (Å²) in [4.78, 5) is 2.36. The van der Waals surface area contributed by atoms with Gasteiger partial charge in [0.15, 0.2) is 0 Å². The van der Waals surface area contributed by atoms with E-state index in [0.29, 0.717) is 0 Å². The maximum Gasteiger partial charge on any atom is 0.123 e. The number of ether oxygens (including phenoxy) is 1. The van der Waals surface area contributed by atoms with E-state index in [0.717, 1.165) is 50.4 Å². The van der Waals surface area contributed by atoms with E-state index in [4.69, 9.17) is 15.9 Å². The molecule has 0 saturated carbocycles. The molecule has 0 radical (unpaired) electrons. The molecule has 1 aliphatic rings. The van der Waals surface area contributed by atoms with E-state index in [2.05, 4.69) is 4.90 Å². The fourth-order valence-electron chi connectivity index (χ4n) is 2.12. The molecule has 1 heterocycles. The van der Waals surface area contributed by atoms with Crippen molar-refractivity contribution < 1.29 is 4.74 Å². The monoisotopic (exact) mass is 233 g/mol. The Morgan fingerprint density at radius 2 is 2.12 bits per heavy atom. The molecule has 3 N–H and O–H groups in total. The lowest BCUT2D eigenvalue weighted by atomic mass is 10.1. The Bertz CT molecular complexity index is 384. The molecule has 17 heavy (non-hydrogen) atoms. The number of benzene rings is 1. The zero-order valence-corrected chi connectivity index (χ0v) is 9.98. The first-order valence-electron chi connectivity index (χ1n) is 6.00. The highest BCUT2D eigenvalue weighted by molar-refractivity contribution is 5.96. The van der Waals surface area contributed by atoms with Gasteiger partial charge in [0.2, 0.25) is 0 Å². The van der Waals surface area contributed by atoms with Crippen molar-refractivity contribution in [2.24, 2.45) is 5.73 Å². The predicted octanol–water partition coefficient (Wildman–Crippen LogP) is 1.19. The highest BCUT2D eigenvalue weighted by atomic mass is 16.5. The van der Waals surface area contributed by atoms with Crippen molar-refractivity contribution in [3.05, 3.63) is 35.4 Å². The summed E-state index contributed by atoms with van der Waals surface area (Å²) in [5, 5.41) is 7.57. The van der Waals surface area contributed by atoms with Crippen LogP contribution in [0.25, 0.3) is 0 Å². The normalized spacial score (nSPS) is 17.6. The summed E-state index contributed by atoms with van der Waals surface area (Å²) in [5.74, 6) is 0.145. The SMILES string of the molecule is N=C(N)c1ccccc1CN1CCCOCC1. The van der Waals surface area contributed by atoms with Gasteiger partial charge in [-0.25, -0.2) is 0 Å². The highest BCUT2D eigenvalue weighted by Crippen LogP contribution is 2.12. The summed E-state index contributed by atoms with van der Waals surface area (Å²) in [6.45, 7) is 4.49. The van der Waals surface area contributed by atoms with E-state index in [1.165, 1.54) is 0 Å². The van der Waals surface area contributed by atoms with Crippen LogP contribution in [0, 0.1) is 5.41 Å². The minimum atomic E-state index is 0.145. The molecule has 0 bridgehead atoms. The first-order chi connectivity index (χ1) is 8.27. The minimum absolute atomic E-state index is 0.145. The van der Waals surface area contributed by atoms with Crippen molar-refractivity contribution in [3.8, 4) is 0 Å². The molecular formula is C13H19N3O. The molecule has 1 aromatic rings. The van der Waals surface area contributed by atoms with Gasteiger partial charge >= 0.3 is 0 Å². The maximum absolute atomic E-state index is 7.57. The summed E-state index contributed by atoms with van der Waals surface area (Å²) >= 11 is 0. The van der Waals surface area contributed by atoms with Crippen molar-refractivity contribution in [1.82, 2.24) is 4.90 Å². The third-order valence-electron chi connectivity index (χ3n) is 3.02. The summed E-state index contributed by atoms with van der Waals surface area (Å²) in [6, 6.07) is 7.87. The van der Waals surface area contributed by atoms with Crippen LogP contribution in [0.3, 0.4) is 0 Å². The van der Waals surface area contributed by atoms with Crippen LogP contribution >= 0.6 is 0 Å². The van der Waals surface area contributed by atoms with E-state index >= 15 is 0 Å². The molecule has 1 saturated heterocycles. The number of nitrogens with one attached hydrogen (secondary N) is 1. The lowest BCUT2D eigenvalue weighted by molar-refractivity contribution is 0.140. The van der Waals surface area contributed by atoms with Gasteiger partial charge in [-0.15, -0.1) is 0 Å². The number of amidine groups is 1. The van der Waals surface area contributed by atoms with Gasteiger partial charge in [0, 0.05) is 31.8 Å². The van der Waals surface area contributed by atoms with Gasteiger partial charge in [-0.2, -0.15) is 0 Å². The van der Waals surface area contributed by atoms with Crippen molar-refractivity contribution in [3.63, 3.8) is 0 Å². The van der Waals surface area contributed by atoms with E-state index in [1.54, 1.807) is 0 Å². The second-order valence-corrected chi connectivity index (χ2v) is 4.31. The lowest BCUT2D eigenvalue weighted by Crippen LogP contribution is -2.27. The molecule has 0 atom stereocenters. The molecule has 2 rings (SSSR count). The van der Waals surface area contributed by atoms with E-state index in [9.17, 15) is 0 Å².